The Morgan fingerprint density at radius 1 is 1.10 bits per heavy atom. The van der Waals surface area contributed by atoms with Gasteiger partial charge in [0.1, 0.15) is 13.2 Å². The van der Waals surface area contributed by atoms with Gasteiger partial charge in [-0.25, -0.2) is 0 Å². The Labute approximate surface area is 128 Å². The Balaban J connectivity index is 2.30. The lowest BCUT2D eigenvalue weighted by molar-refractivity contribution is -0.158. The average Bonchev–Trinajstić information content (AvgIpc) is 2.40. The Kier molecular flexibility index (Phi) is 6.69. The Bertz CT molecular complexity index is 360. The minimum Gasteiger partial charge on any atom is -0.462 e. The Morgan fingerprint density at radius 3 is 2.19 bits per heavy atom. The van der Waals surface area contributed by atoms with Crippen molar-refractivity contribution in [3.63, 3.8) is 0 Å². The number of carbonyl (C=O) groups excluding carboxylic acids is 2. The van der Waals surface area contributed by atoms with Gasteiger partial charge in [0, 0.05) is 0 Å². The summed E-state index contributed by atoms with van der Waals surface area (Å²) >= 11 is 0. The van der Waals surface area contributed by atoms with Gasteiger partial charge in [-0.05, 0) is 30.6 Å². The first kappa shape index (κ1) is 18.0. The summed E-state index contributed by atoms with van der Waals surface area (Å²) < 4.78 is 10.2. The lowest BCUT2D eigenvalue weighted by Gasteiger charge is -2.37. The van der Waals surface area contributed by atoms with Crippen molar-refractivity contribution in [2.75, 3.05) is 13.2 Å². The average molecular weight is 298 g/mol. The fraction of sp³-hybridized carbons (Fsp3) is 0.882. The third kappa shape index (κ3) is 6.06. The fourth-order valence-electron chi connectivity index (χ4n) is 2.96. The van der Waals surface area contributed by atoms with Gasteiger partial charge in [-0.1, -0.05) is 41.0 Å². The smallest absolute Gasteiger partial charge is 0.309 e. The van der Waals surface area contributed by atoms with E-state index in [9.17, 15) is 9.59 Å². The number of esters is 2. The van der Waals surface area contributed by atoms with Gasteiger partial charge in [0.25, 0.3) is 0 Å². The number of ether oxygens (including phenoxy) is 2. The summed E-state index contributed by atoms with van der Waals surface area (Å²) in [6, 6.07) is 0. The minimum absolute atomic E-state index is 0.0784. The largest absolute Gasteiger partial charge is 0.462 e. The van der Waals surface area contributed by atoms with E-state index in [0.717, 1.165) is 12.8 Å². The van der Waals surface area contributed by atoms with E-state index in [1.165, 1.54) is 12.8 Å². The van der Waals surface area contributed by atoms with E-state index < -0.39 is 0 Å². The molecule has 0 aliphatic heterocycles. The van der Waals surface area contributed by atoms with E-state index >= 15 is 0 Å². The van der Waals surface area contributed by atoms with E-state index in [0.29, 0.717) is 11.3 Å². The molecule has 0 bridgehead atoms. The quantitative estimate of drug-likeness (QED) is 0.555. The normalized spacial score (nSPS) is 22.7. The molecule has 0 aromatic heterocycles. The highest BCUT2D eigenvalue weighted by Gasteiger charge is 2.34. The van der Waals surface area contributed by atoms with Gasteiger partial charge in [-0.15, -0.1) is 0 Å². The second-order valence-electron chi connectivity index (χ2n) is 7.30. The molecule has 0 aromatic carbocycles. The van der Waals surface area contributed by atoms with Gasteiger partial charge in [0.2, 0.25) is 0 Å². The zero-order valence-corrected chi connectivity index (χ0v) is 14.1. The maximum Gasteiger partial charge on any atom is 0.309 e. The van der Waals surface area contributed by atoms with Crippen molar-refractivity contribution in [3.8, 4) is 0 Å². The van der Waals surface area contributed by atoms with E-state index in [1.54, 1.807) is 13.8 Å². The van der Waals surface area contributed by atoms with Crippen molar-refractivity contribution in [3.05, 3.63) is 0 Å². The first-order chi connectivity index (χ1) is 9.73. The number of rotatable bonds is 6. The van der Waals surface area contributed by atoms with Crippen LogP contribution in [-0.2, 0) is 19.1 Å². The molecule has 2 unspecified atom stereocenters. The van der Waals surface area contributed by atoms with Crippen molar-refractivity contribution in [1.29, 1.82) is 0 Å². The summed E-state index contributed by atoms with van der Waals surface area (Å²) in [6.45, 7) is 10.3. The highest BCUT2D eigenvalue weighted by Crippen LogP contribution is 2.41. The van der Waals surface area contributed by atoms with Gasteiger partial charge in [0.05, 0.1) is 11.8 Å². The summed E-state index contributed by atoms with van der Waals surface area (Å²) in [7, 11) is 0. The van der Waals surface area contributed by atoms with E-state index in [4.69, 9.17) is 9.47 Å². The highest BCUT2D eigenvalue weighted by molar-refractivity contribution is 5.72. The molecule has 1 rings (SSSR count). The lowest BCUT2D eigenvalue weighted by atomic mass is 9.68. The lowest BCUT2D eigenvalue weighted by Crippen LogP contribution is -2.31. The topological polar surface area (TPSA) is 52.6 Å². The van der Waals surface area contributed by atoms with Crippen LogP contribution in [0.4, 0.5) is 0 Å². The predicted octanol–water partition coefficient (Wildman–Crippen LogP) is 3.58. The third-order valence-corrected chi connectivity index (χ3v) is 4.37. The van der Waals surface area contributed by atoms with Crippen molar-refractivity contribution in [2.45, 2.75) is 60.3 Å². The molecule has 2 atom stereocenters. The molecule has 0 amide bonds. The first-order valence-electron chi connectivity index (χ1n) is 8.06. The van der Waals surface area contributed by atoms with Crippen LogP contribution in [0, 0.1) is 23.2 Å². The molecule has 1 aliphatic rings. The maximum atomic E-state index is 12.1. The highest BCUT2D eigenvalue weighted by atomic mass is 16.6. The predicted molar refractivity (Wildman–Crippen MR) is 81.7 cm³/mol. The Morgan fingerprint density at radius 2 is 1.67 bits per heavy atom. The molecule has 1 fully saturated rings. The third-order valence-electron chi connectivity index (χ3n) is 4.37. The molecule has 0 heterocycles. The molecule has 0 N–H and O–H groups in total. The number of hydrogen-bond acceptors (Lipinski definition) is 4. The molecule has 0 spiro atoms. The molecule has 0 radical (unpaired) electrons. The molecular weight excluding hydrogens is 268 g/mol. The number of carbonyl (C=O) groups is 2. The summed E-state index contributed by atoms with van der Waals surface area (Å²) in [5, 5.41) is 0. The summed E-state index contributed by atoms with van der Waals surface area (Å²) in [5.41, 5.74) is 0.324. The van der Waals surface area contributed by atoms with Crippen LogP contribution in [0.2, 0.25) is 0 Å². The second kappa shape index (κ2) is 7.81. The fourth-order valence-corrected chi connectivity index (χ4v) is 2.96. The molecule has 1 saturated carbocycles. The molecule has 0 saturated heterocycles. The molecule has 0 aromatic rings. The molecule has 122 valence electrons. The second-order valence-corrected chi connectivity index (χ2v) is 7.30. The van der Waals surface area contributed by atoms with E-state index in [1.807, 2.05) is 6.92 Å². The standard InChI is InChI=1S/C17H30O4/c1-12(2)15(18)20-9-10-21-16(19)13(3)14-7-6-8-17(4,5)11-14/h12-14H,6-11H2,1-5H3. The van der Waals surface area contributed by atoms with Crippen LogP contribution in [0.3, 0.4) is 0 Å². The van der Waals surface area contributed by atoms with Crippen molar-refractivity contribution in [2.24, 2.45) is 23.2 Å². The molecule has 4 heteroatoms. The van der Waals surface area contributed by atoms with Crippen molar-refractivity contribution in [1.82, 2.24) is 0 Å². The summed E-state index contributed by atoms with van der Waals surface area (Å²) in [6.07, 6.45) is 4.59. The molecule has 21 heavy (non-hydrogen) atoms. The van der Waals surface area contributed by atoms with E-state index in [-0.39, 0.29) is 37.0 Å². The number of hydrogen-bond donors (Lipinski definition) is 0. The zero-order valence-electron chi connectivity index (χ0n) is 14.1. The van der Waals surface area contributed by atoms with E-state index in [2.05, 4.69) is 13.8 Å². The summed E-state index contributed by atoms with van der Waals surface area (Å²) in [4.78, 5) is 23.3. The van der Waals surface area contributed by atoms with Crippen LogP contribution < -0.4 is 0 Å². The van der Waals surface area contributed by atoms with Crippen LogP contribution in [0.1, 0.15) is 60.3 Å². The van der Waals surface area contributed by atoms with Crippen LogP contribution in [0.25, 0.3) is 0 Å². The first-order valence-corrected chi connectivity index (χ1v) is 8.06. The molecule has 4 nitrogen and oxygen atoms in total. The van der Waals surface area contributed by atoms with Gasteiger partial charge in [0.15, 0.2) is 0 Å². The van der Waals surface area contributed by atoms with Crippen LogP contribution in [-0.4, -0.2) is 25.2 Å². The SMILES string of the molecule is CC(C)C(=O)OCCOC(=O)C(C)C1CCCC(C)(C)C1. The van der Waals surface area contributed by atoms with Crippen LogP contribution >= 0.6 is 0 Å². The van der Waals surface area contributed by atoms with Gasteiger partial charge in [-0.3, -0.25) is 9.59 Å². The van der Waals surface area contributed by atoms with Crippen molar-refractivity contribution < 1.29 is 19.1 Å². The minimum atomic E-state index is -0.256. The van der Waals surface area contributed by atoms with Gasteiger partial charge < -0.3 is 9.47 Å². The van der Waals surface area contributed by atoms with Gasteiger partial charge >= 0.3 is 11.9 Å². The van der Waals surface area contributed by atoms with Gasteiger partial charge in [-0.2, -0.15) is 0 Å². The molecular formula is C17H30O4. The maximum absolute atomic E-state index is 12.1. The zero-order chi connectivity index (χ0) is 16.0. The van der Waals surface area contributed by atoms with Crippen LogP contribution in [0.5, 0.6) is 0 Å². The Hall–Kier alpha value is -1.06. The van der Waals surface area contributed by atoms with Crippen LogP contribution in [0.15, 0.2) is 0 Å². The summed E-state index contributed by atoms with van der Waals surface area (Å²) in [5.74, 6) is -0.250. The monoisotopic (exact) mass is 298 g/mol. The van der Waals surface area contributed by atoms with Crippen molar-refractivity contribution >= 4 is 11.9 Å². The molecule has 1 aliphatic carbocycles.